The van der Waals surface area contributed by atoms with Gasteiger partial charge in [-0.2, -0.15) is 10.2 Å². The molecule has 152 valence electrons. The summed E-state index contributed by atoms with van der Waals surface area (Å²) in [6.45, 7) is 3.76. The molecule has 1 amide bonds. The number of carbonyl (C=O) groups excluding carboxylic acids is 1. The second-order valence-corrected chi connectivity index (χ2v) is 8.08. The molecular formula is C22H20BrN5O2. The van der Waals surface area contributed by atoms with Crippen LogP contribution in [0.25, 0.3) is 16.8 Å². The highest BCUT2D eigenvalue weighted by atomic mass is 79.9. The van der Waals surface area contributed by atoms with Crippen LogP contribution in [-0.4, -0.2) is 25.3 Å². The van der Waals surface area contributed by atoms with Gasteiger partial charge in [0.2, 0.25) is 5.91 Å². The number of nitrogens with zero attached hydrogens (tertiary/aromatic N) is 4. The maximum atomic E-state index is 12.8. The van der Waals surface area contributed by atoms with Gasteiger partial charge >= 0.3 is 0 Å². The van der Waals surface area contributed by atoms with Gasteiger partial charge in [0.25, 0.3) is 5.56 Å². The summed E-state index contributed by atoms with van der Waals surface area (Å²) in [4.78, 5) is 25.3. The summed E-state index contributed by atoms with van der Waals surface area (Å²) in [6.07, 6.45) is 1.44. The third-order valence-corrected chi connectivity index (χ3v) is 5.41. The van der Waals surface area contributed by atoms with E-state index < -0.39 is 0 Å². The van der Waals surface area contributed by atoms with Gasteiger partial charge in [-0.05, 0) is 37.6 Å². The van der Waals surface area contributed by atoms with Gasteiger partial charge < -0.3 is 5.32 Å². The van der Waals surface area contributed by atoms with Gasteiger partial charge in [-0.1, -0.05) is 57.9 Å². The van der Waals surface area contributed by atoms with Crippen LogP contribution in [0, 0.1) is 6.92 Å². The fraction of sp³-hybridized carbons (Fsp3) is 0.182. The number of amides is 1. The maximum Gasteiger partial charge on any atom is 0.293 e. The zero-order chi connectivity index (χ0) is 21.3. The van der Waals surface area contributed by atoms with Crippen LogP contribution in [-0.2, 0) is 11.3 Å². The van der Waals surface area contributed by atoms with Gasteiger partial charge in [-0.15, -0.1) is 0 Å². The van der Waals surface area contributed by atoms with E-state index in [0.717, 1.165) is 25.8 Å². The molecule has 0 aliphatic carbocycles. The number of nitrogens with one attached hydrogen (secondary N) is 1. The number of fused-ring (bicyclic) bond motifs is 1. The topological polar surface area (TPSA) is 81.3 Å². The van der Waals surface area contributed by atoms with Crippen molar-refractivity contribution < 1.29 is 4.79 Å². The van der Waals surface area contributed by atoms with Gasteiger partial charge in [-0.25, -0.2) is 9.20 Å². The molecule has 2 heterocycles. The Morgan fingerprint density at radius 2 is 1.83 bits per heavy atom. The summed E-state index contributed by atoms with van der Waals surface area (Å²) in [5.74, 6) is -0.283. The molecule has 4 rings (SSSR count). The monoisotopic (exact) mass is 465 g/mol. The lowest BCUT2D eigenvalue weighted by Gasteiger charge is -2.15. The fourth-order valence-electron chi connectivity index (χ4n) is 3.17. The number of carbonyl (C=O) groups is 1. The van der Waals surface area contributed by atoms with Crippen LogP contribution in [0.4, 0.5) is 0 Å². The molecule has 8 heteroatoms. The summed E-state index contributed by atoms with van der Waals surface area (Å²) >= 11 is 3.40. The minimum absolute atomic E-state index is 0.162. The summed E-state index contributed by atoms with van der Waals surface area (Å²) in [7, 11) is 0. The van der Waals surface area contributed by atoms with Crippen molar-refractivity contribution >= 4 is 27.4 Å². The molecule has 0 spiro atoms. The van der Waals surface area contributed by atoms with Crippen molar-refractivity contribution in [1.82, 2.24) is 24.7 Å². The van der Waals surface area contributed by atoms with Crippen LogP contribution < -0.4 is 10.9 Å². The molecule has 0 radical (unpaired) electrons. The number of aryl methyl sites for hydroxylation is 1. The molecule has 4 aromatic rings. The largest absolute Gasteiger partial charge is 0.348 e. The molecule has 7 nitrogen and oxygen atoms in total. The van der Waals surface area contributed by atoms with Crippen molar-refractivity contribution in [3.63, 3.8) is 0 Å². The first-order chi connectivity index (χ1) is 14.4. The van der Waals surface area contributed by atoms with E-state index in [2.05, 4.69) is 31.4 Å². The average Bonchev–Trinajstić information content (AvgIpc) is 3.16. The Bertz CT molecular complexity index is 1260. The van der Waals surface area contributed by atoms with Crippen molar-refractivity contribution in [1.29, 1.82) is 0 Å². The first kappa shape index (κ1) is 20.0. The highest BCUT2D eigenvalue weighted by Crippen LogP contribution is 2.21. The van der Waals surface area contributed by atoms with Gasteiger partial charge in [-0.3, -0.25) is 9.59 Å². The molecule has 30 heavy (non-hydrogen) atoms. The van der Waals surface area contributed by atoms with E-state index in [-0.39, 0.29) is 24.1 Å². The Balaban J connectivity index is 1.53. The first-order valence-corrected chi connectivity index (χ1v) is 10.3. The Labute approximate surface area is 181 Å². The summed E-state index contributed by atoms with van der Waals surface area (Å²) < 4.78 is 3.55. The predicted molar refractivity (Wildman–Crippen MR) is 118 cm³/mol. The minimum atomic E-state index is -0.369. The molecule has 1 atom stereocenters. The minimum Gasteiger partial charge on any atom is -0.348 e. The molecule has 1 unspecified atom stereocenters. The third-order valence-electron chi connectivity index (χ3n) is 4.88. The summed E-state index contributed by atoms with van der Waals surface area (Å²) in [5.41, 5.74) is 3.70. The summed E-state index contributed by atoms with van der Waals surface area (Å²) in [5, 5.41) is 11.4. The van der Waals surface area contributed by atoms with Crippen LogP contribution >= 0.6 is 15.9 Å². The van der Waals surface area contributed by atoms with Crippen molar-refractivity contribution in [2.24, 2.45) is 0 Å². The second kappa shape index (κ2) is 8.23. The normalized spacial score (nSPS) is 12.1. The first-order valence-electron chi connectivity index (χ1n) is 9.48. The average molecular weight is 466 g/mol. The van der Waals surface area contributed by atoms with Gasteiger partial charge in [0.15, 0.2) is 0 Å². The zero-order valence-electron chi connectivity index (χ0n) is 16.5. The Morgan fingerprint density at radius 1 is 1.13 bits per heavy atom. The quantitative estimate of drug-likeness (QED) is 0.488. The van der Waals surface area contributed by atoms with E-state index in [1.807, 2.05) is 62.4 Å². The van der Waals surface area contributed by atoms with Crippen LogP contribution in [0.2, 0.25) is 0 Å². The second-order valence-electron chi connectivity index (χ2n) is 7.16. The van der Waals surface area contributed by atoms with Crippen LogP contribution in [0.5, 0.6) is 0 Å². The van der Waals surface area contributed by atoms with E-state index in [0.29, 0.717) is 11.2 Å². The lowest BCUT2D eigenvalue weighted by Crippen LogP contribution is -2.35. The van der Waals surface area contributed by atoms with E-state index in [9.17, 15) is 9.59 Å². The zero-order valence-corrected chi connectivity index (χ0v) is 18.1. The van der Waals surface area contributed by atoms with Crippen molar-refractivity contribution in [3.05, 3.63) is 86.9 Å². The third kappa shape index (κ3) is 4.18. The molecular weight excluding hydrogens is 446 g/mol. The summed E-state index contributed by atoms with van der Waals surface area (Å²) in [6, 6.07) is 17.1. The highest BCUT2D eigenvalue weighted by Gasteiger charge is 2.14. The molecule has 2 aromatic heterocycles. The number of halogens is 1. The van der Waals surface area contributed by atoms with Crippen molar-refractivity contribution in [3.8, 4) is 11.3 Å². The van der Waals surface area contributed by atoms with Gasteiger partial charge in [0.1, 0.15) is 18.4 Å². The number of rotatable bonds is 5. The molecule has 2 aromatic carbocycles. The van der Waals surface area contributed by atoms with E-state index in [4.69, 9.17) is 0 Å². The van der Waals surface area contributed by atoms with Crippen molar-refractivity contribution in [2.75, 3.05) is 0 Å². The lowest BCUT2D eigenvalue weighted by molar-refractivity contribution is -0.122. The molecule has 0 saturated heterocycles. The highest BCUT2D eigenvalue weighted by molar-refractivity contribution is 9.10. The Hall–Kier alpha value is -3.26. The fourth-order valence-corrected chi connectivity index (χ4v) is 3.44. The standard InChI is InChI=1S/C22H20BrN5O2/c1-14-3-5-16(6-4-14)15(2)25-21(29)12-27-22(30)20-11-19(26-28(20)13-24-27)17-7-9-18(23)10-8-17/h3-11,13,15H,12H2,1-2H3,(H,25,29). The predicted octanol–water partition coefficient (Wildman–Crippen LogP) is 3.51. The smallest absolute Gasteiger partial charge is 0.293 e. The van der Waals surface area contributed by atoms with Crippen LogP contribution in [0.3, 0.4) is 0 Å². The lowest BCUT2D eigenvalue weighted by atomic mass is 10.1. The van der Waals surface area contributed by atoms with Crippen LogP contribution in [0.1, 0.15) is 24.1 Å². The van der Waals surface area contributed by atoms with Crippen LogP contribution in [0.15, 0.2) is 70.2 Å². The maximum absolute atomic E-state index is 12.8. The van der Waals surface area contributed by atoms with Crippen molar-refractivity contribution in [2.45, 2.75) is 26.4 Å². The number of aromatic nitrogens is 4. The Kier molecular flexibility index (Phi) is 5.50. The van der Waals surface area contributed by atoms with Gasteiger partial charge in [0.05, 0.1) is 11.7 Å². The molecule has 0 bridgehead atoms. The molecule has 1 N–H and O–H groups in total. The number of benzene rings is 2. The Morgan fingerprint density at radius 3 is 2.53 bits per heavy atom. The number of hydrogen-bond acceptors (Lipinski definition) is 4. The van der Waals surface area contributed by atoms with Gasteiger partial charge in [0, 0.05) is 10.0 Å². The molecule has 0 aliphatic heterocycles. The number of hydrogen-bond donors (Lipinski definition) is 1. The molecule has 0 fully saturated rings. The van der Waals surface area contributed by atoms with E-state index in [1.54, 1.807) is 6.07 Å². The molecule has 0 aliphatic rings. The molecule has 0 saturated carbocycles. The van der Waals surface area contributed by atoms with E-state index in [1.165, 1.54) is 10.8 Å². The SMILES string of the molecule is Cc1ccc(C(C)NC(=O)Cn2ncn3nc(-c4ccc(Br)cc4)cc3c2=O)cc1. The van der Waals surface area contributed by atoms with E-state index >= 15 is 0 Å².